The van der Waals surface area contributed by atoms with Gasteiger partial charge in [0.05, 0.1) is 25.5 Å². The summed E-state index contributed by atoms with van der Waals surface area (Å²) in [7, 11) is 1.48. The number of benzene rings is 2. The number of carbonyl (C=O) groups excluding carboxylic acids is 2. The fourth-order valence-electron chi connectivity index (χ4n) is 5.09. The maximum absolute atomic E-state index is 13.5. The molecule has 4 rings (SSSR count). The van der Waals surface area contributed by atoms with E-state index in [0.29, 0.717) is 17.7 Å². The predicted octanol–water partition coefficient (Wildman–Crippen LogP) is 2.47. The van der Waals surface area contributed by atoms with Gasteiger partial charge in [0.2, 0.25) is 11.8 Å². The Labute approximate surface area is 185 Å². The fourth-order valence-corrected chi connectivity index (χ4v) is 5.09. The summed E-state index contributed by atoms with van der Waals surface area (Å²) >= 11 is 0. The number of nitrogens with one attached hydrogen (secondary N) is 1. The number of rotatable bonds is 7. The Morgan fingerprint density at radius 1 is 1.16 bits per heavy atom. The van der Waals surface area contributed by atoms with Gasteiger partial charge in [-0.1, -0.05) is 43.7 Å². The molecule has 0 aliphatic carbocycles. The van der Waals surface area contributed by atoms with Crippen LogP contribution in [0.2, 0.25) is 0 Å². The lowest BCUT2D eigenvalue weighted by Crippen LogP contribution is -2.55. The standard InChI is InChI=1S/C24H26N2O6/c1-3-11-24(23(30)31)19-18(20(25-24)16-12-15(32-2)9-10-17(16)27)21(28)26(22(19)29)13-14-7-5-4-6-8-14/h4-10,12,18-20,25,27H,3,11,13H2,1-2H3,(H,30,31). The van der Waals surface area contributed by atoms with Gasteiger partial charge in [-0.15, -0.1) is 0 Å². The number of likely N-dealkylation sites (tertiary alicyclic amines) is 1. The first kappa shape index (κ1) is 21.8. The molecule has 2 amide bonds. The Bertz CT molecular complexity index is 1060. The number of fused-ring (bicyclic) bond motifs is 1. The van der Waals surface area contributed by atoms with E-state index in [1.165, 1.54) is 13.2 Å². The molecule has 2 aliphatic heterocycles. The first-order valence-corrected chi connectivity index (χ1v) is 10.6. The van der Waals surface area contributed by atoms with Gasteiger partial charge in [0.15, 0.2) is 0 Å². The van der Waals surface area contributed by atoms with E-state index in [2.05, 4.69) is 5.32 Å². The average molecular weight is 438 g/mol. The highest BCUT2D eigenvalue weighted by Crippen LogP contribution is 2.52. The Morgan fingerprint density at radius 2 is 1.88 bits per heavy atom. The number of imide groups is 1. The number of nitrogens with zero attached hydrogens (tertiary/aromatic N) is 1. The lowest BCUT2D eigenvalue weighted by atomic mass is 9.77. The third kappa shape index (κ3) is 3.31. The second-order valence-electron chi connectivity index (χ2n) is 8.32. The molecule has 2 heterocycles. The number of carboxylic acid groups (broad SMARTS) is 1. The van der Waals surface area contributed by atoms with Crippen LogP contribution in [0.1, 0.15) is 36.9 Å². The van der Waals surface area contributed by atoms with Crippen molar-refractivity contribution in [3.63, 3.8) is 0 Å². The van der Waals surface area contributed by atoms with E-state index >= 15 is 0 Å². The number of methoxy groups -OCH3 is 1. The van der Waals surface area contributed by atoms with Crippen LogP contribution in [0.4, 0.5) is 0 Å². The average Bonchev–Trinajstić information content (AvgIpc) is 3.25. The monoisotopic (exact) mass is 438 g/mol. The highest BCUT2D eigenvalue weighted by atomic mass is 16.5. The molecule has 4 atom stereocenters. The van der Waals surface area contributed by atoms with Crippen molar-refractivity contribution in [1.29, 1.82) is 0 Å². The SMILES string of the molecule is CCCC1(C(=O)O)NC(c2cc(OC)ccc2O)C2C(=O)N(Cc3ccccc3)C(=O)C21. The summed E-state index contributed by atoms with van der Waals surface area (Å²) in [5, 5.41) is 23.9. The van der Waals surface area contributed by atoms with Crippen molar-refractivity contribution in [3.8, 4) is 11.5 Å². The number of hydrogen-bond acceptors (Lipinski definition) is 6. The molecule has 2 aromatic rings. The number of aromatic hydroxyl groups is 1. The van der Waals surface area contributed by atoms with Gasteiger partial charge in [0.25, 0.3) is 0 Å². The van der Waals surface area contributed by atoms with Gasteiger partial charge in [-0.05, 0) is 30.2 Å². The molecule has 2 fully saturated rings. The largest absolute Gasteiger partial charge is 0.508 e. The molecule has 4 unspecified atom stereocenters. The van der Waals surface area contributed by atoms with Gasteiger partial charge in [-0.3, -0.25) is 24.6 Å². The maximum atomic E-state index is 13.5. The molecular formula is C24H26N2O6. The van der Waals surface area contributed by atoms with Crippen molar-refractivity contribution >= 4 is 17.8 Å². The van der Waals surface area contributed by atoms with Crippen LogP contribution in [-0.4, -0.2) is 45.5 Å². The summed E-state index contributed by atoms with van der Waals surface area (Å²) in [6.45, 7) is 1.91. The third-order valence-electron chi connectivity index (χ3n) is 6.52. The smallest absolute Gasteiger partial charge is 0.324 e. The molecule has 0 saturated carbocycles. The molecule has 2 saturated heterocycles. The molecule has 0 bridgehead atoms. The minimum absolute atomic E-state index is 0.0736. The number of ether oxygens (including phenoxy) is 1. The number of aliphatic carboxylic acids is 1. The van der Waals surface area contributed by atoms with Crippen LogP contribution < -0.4 is 10.1 Å². The lowest BCUT2D eigenvalue weighted by Gasteiger charge is -2.31. The Kier molecular flexibility index (Phi) is 5.64. The third-order valence-corrected chi connectivity index (χ3v) is 6.52. The summed E-state index contributed by atoms with van der Waals surface area (Å²) in [5.74, 6) is -3.79. The van der Waals surface area contributed by atoms with Crippen molar-refractivity contribution in [1.82, 2.24) is 10.2 Å². The van der Waals surface area contributed by atoms with Crippen LogP contribution in [0, 0.1) is 11.8 Å². The molecule has 2 aliphatic rings. The highest BCUT2D eigenvalue weighted by molar-refractivity contribution is 6.09. The number of hydrogen-bond donors (Lipinski definition) is 3. The molecule has 0 aromatic heterocycles. The van der Waals surface area contributed by atoms with Crippen molar-refractivity contribution in [2.24, 2.45) is 11.8 Å². The van der Waals surface area contributed by atoms with Crippen LogP contribution in [0.15, 0.2) is 48.5 Å². The number of phenols is 1. The van der Waals surface area contributed by atoms with Crippen LogP contribution in [0.25, 0.3) is 0 Å². The summed E-state index contributed by atoms with van der Waals surface area (Å²) < 4.78 is 5.26. The normalized spacial score (nSPS) is 26.9. The molecule has 2 aromatic carbocycles. The topological polar surface area (TPSA) is 116 Å². The zero-order chi connectivity index (χ0) is 23.0. The van der Waals surface area contributed by atoms with Crippen LogP contribution >= 0.6 is 0 Å². The zero-order valence-electron chi connectivity index (χ0n) is 17.9. The van der Waals surface area contributed by atoms with Crippen LogP contribution in [-0.2, 0) is 20.9 Å². The molecule has 0 radical (unpaired) electrons. The van der Waals surface area contributed by atoms with Crippen LogP contribution in [0.5, 0.6) is 11.5 Å². The van der Waals surface area contributed by atoms with E-state index in [9.17, 15) is 24.6 Å². The second kappa shape index (κ2) is 8.27. The maximum Gasteiger partial charge on any atom is 0.324 e. The number of carbonyl (C=O) groups is 3. The van der Waals surface area contributed by atoms with E-state index in [1.54, 1.807) is 12.1 Å². The van der Waals surface area contributed by atoms with Gasteiger partial charge in [-0.2, -0.15) is 0 Å². The number of amides is 2. The summed E-state index contributed by atoms with van der Waals surface area (Å²) in [5.41, 5.74) is -0.502. The lowest BCUT2D eigenvalue weighted by molar-refractivity contribution is -0.152. The van der Waals surface area contributed by atoms with Crippen LogP contribution in [0.3, 0.4) is 0 Å². The summed E-state index contributed by atoms with van der Waals surface area (Å²) in [4.78, 5) is 40.7. The van der Waals surface area contributed by atoms with E-state index in [1.807, 2.05) is 37.3 Å². The molecule has 0 spiro atoms. The summed E-state index contributed by atoms with van der Waals surface area (Å²) in [6, 6.07) is 12.8. The van der Waals surface area contributed by atoms with Gasteiger partial charge in [0, 0.05) is 11.6 Å². The van der Waals surface area contributed by atoms with E-state index in [0.717, 1.165) is 10.5 Å². The van der Waals surface area contributed by atoms with Crippen molar-refractivity contribution < 1.29 is 29.3 Å². The number of carboxylic acids is 1. The first-order chi connectivity index (χ1) is 15.3. The molecule has 3 N–H and O–H groups in total. The van der Waals surface area contributed by atoms with E-state index in [4.69, 9.17) is 4.74 Å². The Morgan fingerprint density at radius 3 is 2.50 bits per heavy atom. The molecule has 32 heavy (non-hydrogen) atoms. The molecule has 8 heteroatoms. The van der Waals surface area contributed by atoms with Crippen molar-refractivity contribution in [2.45, 2.75) is 37.9 Å². The fraction of sp³-hybridized carbons (Fsp3) is 0.375. The highest BCUT2D eigenvalue weighted by Gasteiger charge is 2.68. The predicted molar refractivity (Wildman–Crippen MR) is 115 cm³/mol. The van der Waals surface area contributed by atoms with E-state index < -0.39 is 41.2 Å². The minimum atomic E-state index is -1.61. The van der Waals surface area contributed by atoms with Gasteiger partial charge >= 0.3 is 5.97 Å². The first-order valence-electron chi connectivity index (χ1n) is 10.6. The Balaban J connectivity index is 1.82. The quantitative estimate of drug-likeness (QED) is 0.569. The summed E-state index contributed by atoms with van der Waals surface area (Å²) in [6.07, 6.45) is 0.669. The van der Waals surface area contributed by atoms with Crippen molar-refractivity contribution in [3.05, 3.63) is 59.7 Å². The Hall–Kier alpha value is -3.39. The van der Waals surface area contributed by atoms with Gasteiger partial charge in [-0.25, -0.2) is 0 Å². The van der Waals surface area contributed by atoms with E-state index in [-0.39, 0.29) is 18.7 Å². The van der Waals surface area contributed by atoms with Crippen molar-refractivity contribution in [2.75, 3.05) is 7.11 Å². The molecule has 168 valence electrons. The van der Waals surface area contributed by atoms with Gasteiger partial charge < -0.3 is 14.9 Å². The minimum Gasteiger partial charge on any atom is -0.508 e. The second-order valence-corrected chi connectivity index (χ2v) is 8.32. The molecule has 8 nitrogen and oxygen atoms in total. The number of phenolic OH excluding ortho intramolecular Hbond substituents is 1. The molecular weight excluding hydrogens is 412 g/mol. The van der Waals surface area contributed by atoms with Gasteiger partial charge in [0.1, 0.15) is 17.0 Å². The zero-order valence-corrected chi connectivity index (χ0v) is 17.9.